The molecule has 0 saturated heterocycles. The van der Waals surface area contributed by atoms with Gasteiger partial charge in [0.15, 0.2) is 11.6 Å². The van der Waals surface area contributed by atoms with Crippen LogP contribution in [0.2, 0.25) is 0 Å². The van der Waals surface area contributed by atoms with E-state index in [1.165, 1.54) is 24.3 Å². The van der Waals surface area contributed by atoms with Crippen LogP contribution in [0.3, 0.4) is 0 Å². The van der Waals surface area contributed by atoms with Crippen LogP contribution in [0.15, 0.2) is 107 Å². The number of anilines is 2. The molecule has 5 rings (SSSR count). The second-order valence-electron chi connectivity index (χ2n) is 13.8. The van der Waals surface area contributed by atoms with Crippen molar-refractivity contribution in [3.05, 3.63) is 119 Å². The van der Waals surface area contributed by atoms with Crippen molar-refractivity contribution in [2.24, 2.45) is 11.8 Å². The van der Waals surface area contributed by atoms with E-state index in [0.29, 0.717) is 48.2 Å². The zero-order valence-corrected chi connectivity index (χ0v) is 31.5. The van der Waals surface area contributed by atoms with Gasteiger partial charge in [-0.05, 0) is 73.9 Å². The summed E-state index contributed by atoms with van der Waals surface area (Å²) in [6, 6.07) is 25.6. The molecular weight excluding hydrogens is 701 g/mol. The minimum absolute atomic E-state index is 0.0726. The van der Waals surface area contributed by atoms with Gasteiger partial charge in [-0.3, -0.25) is 18.0 Å². The number of carbonyl (C=O) groups is 2. The van der Waals surface area contributed by atoms with Gasteiger partial charge in [0.25, 0.3) is 20.2 Å². The first kappa shape index (κ1) is 38.9. The number of fused-ring (bicyclic) bond motifs is 2. The van der Waals surface area contributed by atoms with Crippen LogP contribution >= 0.6 is 0 Å². The SMILES string of the molecule is CC(C)C[C@H](CCOS(=O)(=O)c1ccccc1)Nc1ccc(N[C@@H](CCOS(=O)(=O)c2ccccc2)CC(C)C)c2c1C(=O)c1ccccc1C2=O. The van der Waals surface area contributed by atoms with E-state index in [-0.39, 0.29) is 69.6 Å². The van der Waals surface area contributed by atoms with Gasteiger partial charge in [0.1, 0.15) is 0 Å². The molecule has 2 atom stereocenters. The van der Waals surface area contributed by atoms with E-state index in [0.717, 1.165) is 0 Å². The maximum absolute atomic E-state index is 14.2. The first-order valence-electron chi connectivity index (χ1n) is 17.5. The first-order valence-corrected chi connectivity index (χ1v) is 20.4. The summed E-state index contributed by atoms with van der Waals surface area (Å²) in [5, 5.41) is 6.93. The van der Waals surface area contributed by atoms with Crippen LogP contribution in [0.4, 0.5) is 11.4 Å². The van der Waals surface area contributed by atoms with E-state index in [1.807, 2.05) is 27.7 Å². The predicted molar refractivity (Wildman–Crippen MR) is 202 cm³/mol. The Morgan fingerprint density at radius 3 is 1.21 bits per heavy atom. The van der Waals surface area contributed by atoms with Gasteiger partial charge in [0.2, 0.25) is 0 Å². The second kappa shape index (κ2) is 17.0. The Kier molecular flexibility index (Phi) is 12.7. The number of benzene rings is 4. The van der Waals surface area contributed by atoms with Crippen LogP contribution in [-0.4, -0.2) is 53.7 Å². The molecule has 0 aromatic heterocycles. The van der Waals surface area contributed by atoms with Crippen molar-refractivity contribution in [3.8, 4) is 0 Å². The highest BCUT2D eigenvalue weighted by atomic mass is 32.2. The van der Waals surface area contributed by atoms with E-state index in [2.05, 4.69) is 10.6 Å². The van der Waals surface area contributed by atoms with Gasteiger partial charge in [-0.2, -0.15) is 16.8 Å². The molecule has 0 bridgehead atoms. The first-order chi connectivity index (χ1) is 24.8. The summed E-state index contributed by atoms with van der Waals surface area (Å²) in [7, 11) is -7.91. The molecule has 1 aliphatic rings. The molecule has 1 aliphatic carbocycles. The minimum Gasteiger partial charge on any atom is -0.382 e. The third kappa shape index (κ3) is 9.54. The van der Waals surface area contributed by atoms with Crippen molar-refractivity contribution < 1.29 is 34.8 Å². The lowest BCUT2D eigenvalue weighted by Crippen LogP contribution is -2.30. The molecule has 0 spiro atoms. The van der Waals surface area contributed by atoms with E-state index in [1.54, 1.807) is 72.8 Å². The molecule has 4 aromatic rings. The molecule has 0 saturated carbocycles. The predicted octanol–water partition coefficient (Wildman–Crippen LogP) is 7.71. The average molecular weight is 747 g/mol. The number of rotatable bonds is 18. The topological polar surface area (TPSA) is 145 Å². The summed E-state index contributed by atoms with van der Waals surface area (Å²) in [4.78, 5) is 28.6. The monoisotopic (exact) mass is 746 g/mol. The Hall–Kier alpha value is -4.36. The van der Waals surface area contributed by atoms with Crippen molar-refractivity contribution in [2.75, 3.05) is 23.8 Å². The molecule has 2 N–H and O–H groups in total. The second-order valence-corrected chi connectivity index (χ2v) is 17.0. The van der Waals surface area contributed by atoms with E-state index in [4.69, 9.17) is 8.37 Å². The smallest absolute Gasteiger partial charge is 0.296 e. The van der Waals surface area contributed by atoms with Crippen LogP contribution in [-0.2, 0) is 28.6 Å². The molecule has 12 heteroatoms. The van der Waals surface area contributed by atoms with Crippen LogP contribution in [0.25, 0.3) is 0 Å². The summed E-state index contributed by atoms with van der Waals surface area (Å²) >= 11 is 0. The quantitative estimate of drug-likeness (QED) is 0.0856. The fourth-order valence-corrected chi connectivity index (χ4v) is 8.33. The number of nitrogens with one attached hydrogen (secondary N) is 2. The summed E-state index contributed by atoms with van der Waals surface area (Å²) in [5.74, 6) is -0.161. The van der Waals surface area contributed by atoms with Crippen LogP contribution in [0.5, 0.6) is 0 Å². The Morgan fingerprint density at radius 2 is 0.865 bits per heavy atom. The molecule has 4 aromatic carbocycles. The van der Waals surface area contributed by atoms with Crippen molar-refractivity contribution in [3.63, 3.8) is 0 Å². The van der Waals surface area contributed by atoms with Crippen molar-refractivity contribution in [2.45, 2.75) is 75.3 Å². The fourth-order valence-electron chi connectivity index (χ4n) is 6.45. The standard InChI is InChI=1S/C40H46N2O8S2/c1-27(2)25-29(21-23-49-51(45,46)31-13-7-5-8-14-31)41-35-19-20-36(38-37(35)39(43)33-17-11-12-18-34(33)40(38)44)42-30(26-28(3)4)22-24-50-52(47,48)32-15-9-6-10-16-32/h5-20,27-30,41-42H,21-26H2,1-4H3/t29-,30-/m0/s1. The molecule has 0 radical (unpaired) electrons. The van der Waals surface area contributed by atoms with Gasteiger partial charge in [-0.1, -0.05) is 88.4 Å². The zero-order valence-electron chi connectivity index (χ0n) is 29.9. The lowest BCUT2D eigenvalue weighted by atomic mass is 9.81. The van der Waals surface area contributed by atoms with E-state index < -0.39 is 20.2 Å². The van der Waals surface area contributed by atoms with Crippen molar-refractivity contribution >= 4 is 43.2 Å². The summed E-state index contributed by atoms with van der Waals surface area (Å²) in [6.07, 6.45) is 1.93. The van der Waals surface area contributed by atoms with Gasteiger partial charge in [0.05, 0.1) is 34.1 Å². The van der Waals surface area contributed by atoms with E-state index in [9.17, 15) is 26.4 Å². The number of hydrogen-bond acceptors (Lipinski definition) is 10. The van der Waals surface area contributed by atoms with Crippen molar-refractivity contribution in [1.82, 2.24) is 0 Å². The Labute approximate surface area is 307 Å². The number of ketones is 2. The maximum atomic E-state index is 14.2. The Bertz CT molecular complexity index is 1940. The summed E-state index contributed by atoms with van der Waals surface area (Å²) in [6.45, 7) is 8.03. The largest absolute Gasteiger partial charge is 0.382 e. The minimum atomic E-state index is -3.95. The van der Waals surface area contributed by atoms with Crippen LogP contribution < -0.4 is 10.6 Å². The highest BCUT2D eigenvalue weighted by molar-refractivity contribution is 7.87. The normalized spacial score (nSPS) is 14.2. The molecule has 0 amide bonds. The van der Waals surface area contributed by atoms with Gasteiger partial charge in [-0.25, -0.2) is 0 Å². The maximum Gasteiger partial charge on any atom is 0.296 e. The fraction of sp³-hybridized carbons (Fsp3) is 0.350. The highest BCUT2D eigenvalue weighted by Crippen LogP contribution is 2.38. The Balaban J connectivity index is 1.42. The third-order valence-electron chi connectivity index (χ3n) is 8.78. The molecule has 52 heavy (non-hydrogen) atoms. The molecular formula is C40H46N2O8S2. The summed E-state index contributed by atoms with van der Waals surface area (Å²) < 4.78 is 61.9. The number of carbonyl (C=O) groups excluding carboxylic acids is 2. The van der Waals surface area contributed by atoms with E-state index >= 15 is 0 Å². The van der Waals surface area contributed by atoms with Gasteiger partial charge < -0.3 is 10.6 Å². The third-order valence-corrected chi connectivity index (χ3v) is 11.4. The molecule has 10 nitrogen and oxygen atoms in total. The molecule has 0 aliphatic heterocycles. The lowest BCUT2D eigenvalue weighted by molar-refractivity contribution is 0.0980. The van der Waals surface area contributed by atoms with Gasteiger partial charge in [-0.15, -0.1) is 0 Å². The Morgan fingerprint density at radius 1 is 0.519 bits per heavy atom. The van der Waals surface area contributed by atoms with Crippen molar-refractivity contribution in [1.29, 1.82) is 0 Å². The lowest BCUT2D eigenvalue weighted by Gasteiger charge is -2.29. The van der Waals surface area contributed by atoms with Gasteiger partial charge in [0, 0.05) is 34.6 Å². The average Bonchev–Trinajstić information content (AvgIpc) is 3.11. The van der Waals surface area contributed by atoms with Crippen LogP contribution in [0.1, 0.15) is 85.2 Å². The molecule has 0 unspecified atom stereocenters. The molecule has 276 valence electrons. The zero-order chi connectivity index (χ0) is 37.5. The highest BCUT2D eigenvalue weighted by Gasteiger charge is 2.35. The van der Waals surface area contributed by atoms with Crippen LogP contribution in [0, 0.1) is 11.8 Å². The number of hydrogen-bond donors (Lipinski definition) is 2. The molecule has 0 heterocycles. The molecule has 0 fully saturated rings. The summed E-state index contributed by atoms with van der Waals surface area (Å²) in [5.41, 5.74) is 1.98. The van der Waals surface area contributed by atoms with Gasteiger partial charge >= 0.3 is 0 Å².